The first-order chi connectivity index (χ1) is 14.7. The first-order valence-electron chi connectivity index (χ1n) is 10.7. The van der Waals surface area contributed by atoms with Crippen LogP contribution in [0.3, 0.4) is 0 Å². The second-order valence-electron chi connectivity index (χ2n) is 8.96. The van der Waals surface area contributed by atoms with Crippen LogP contribution in [-0.4, -0.2) is 25.7 Å². The maximum absolute atomic E-state index is 13.0. The van der Waals surface area contributed by atoms with E-state index in [4.69, 9.17) is 0 Å². The molecule has 0 amide bonds. The van der Waals surface area contributed by atoms with Gasteiger partial charge in [-0.1, -0.05) is 68.9 Å². The standard InChI is InChI=1S/C25H29N3O2S/c1-25(2,3)21-10-12-22(13-11-21)31(29,30)27-23-14-16-26-24-18-20(15-17-28(23)24)19-8-6-4-5-7-9-19/h4-6,8-10,12,14-16,18,26H,7,11,13,17H2,1-3H3. The Kier molecular flexibility index (Phi) is 5.75. The molecule has 0 unspecified atom stereocenters. The molecule has 0 saturated heterocycles. The van der Waals surface area contributed by atoms with Crippen LogP contribution in [0.4, 0.5) is 0 Å². The molecule has 2 heterocycles. The SMILES string of the molecule is CC(C)(C)C1=CC=C(S(=O)(=O)N=C2C=CNC3=CC(C4=CCC=CC=C4)=CCN32)CC1. The molecule has 5 nitrogen and oxygen atoms in total. The van der Waals surface area contributed by atoms with Crippen molar-refractivity contribution < 1.29 is 8.42 Å². The highest BCUT2D eigenvalue weighted by Crippen LogP contribution is 2.35. The van der Waals surface area contributed by atoms with Crippen LogP contribution < -0.4 is 5.32 Å². The van der Waals surface area contributed by atoms with Crippen molar-refractivity contribution in [3.63, 3.8) is 0 Å². The number of hydrogen-bond acceptors (Lipinski definition) is 3. The van der Waals surface area contributed by atoms with Crippen LogP contribution in [0.2, 0.25) is 0 Å². The number of sulfonamides is 1. The number of hydrogen-bond donors (Lipinski definition) is 1. The van der Waals surface area contributed by atoms with Gasteiger partial charge in [0.15, 0.2) is 0 Å². The highest BCUT2D eigenvalue weighted by Gasteiger charge is 2.27. The third-order valence-electron chi connectivity index (χ3n) is 5.77. The monoisotopic (exact) mass is 435 g/mol. The number of amidine groups is 1. The van der Waals surface area contributed by atoms with Crippen LogP contribution in [0.15, 0.2) is 98.8 Å². The predicted molar refractivity (Wildman–Crippen MR) is 127 cm³/mol. The lowest BCUT2D eigenvalue weighted by Crippen LogP contribution is -2.40. The largest absolute Gasteiger partial charge is 0.348 e. The van der Waals surface area contributed by atoms with E-state index in [9.17, 15) is 8.42 Å². The van der Waals surface area contributed by atoms with Crippen LogP contribution in [0, 0.1) is 5.41 Å². The molecule has 0 aromatic rings. The fourth-order valence-corrected chi connectivity index (χ4v) is 5.04. The Labute approximate surface area is 185 Å². The molecule has 0 spiro atoms. The fourth-order valence-electron chi connectivity index (χ4n) is 3.91. The van der Waals surface area contributed by atoms with Crippen molar-refractivity contribution in [1.82, 2.24) is 10.2 Å². The third kappa shape index (κ3) is 4.74. The summed E-state index contributed by atoms with van der Waals surface area (Å²) in [5.74, 6) is 1.26. The Balaban J connectivity index is 1.58. The number of allylic oxidation sites excluding steroid dienone is 12. The van der Waals surface area contributed by atoms with Gasteiger partial charge in [-0.25, -0.2) is 0 Å². The van der Waals surface area contributed by atoms with Gasteiger partial charge in [0.1, 0.15) is 11.7 Å². The normalized spacial score (nSPS) is 22.6. The van der Waals surface area contributed by atoms with E-state index in [1.54, 1.807) is 18.4 Å². The van der Waals surface area contributed by atoms with E-state index < -0.39 is 10.0 Å². The van der Waals surface area contributed by atoms with Crippen molar-refractivity contribution >= 4 is 15.9 Å². The average Bonchev–Trinajstić information content (AvgIpc) is 3.02. The van der Waals surface area contributed by atoms with Crippen LogP contribution in [0.1, 0.15) is 40.0 Å². The smallest absolute Gasteiger partial charge is 0.280 e. The van der Waals surface area contributed by atoms with E-state index in [0.717, 1.165) is 29.8 Å². The molecule has 1 N–H and O–H groups in total. The fraction of sp³-hybridized carbons (Fsp3) is 0.320. The Bertz CT molecular complexity index is 1150. The molecular formula is C25H29N3O2S. The van der Waals surface area contributed by atoms with E-state index in [1.807, 2.05) is 29.2 Å². The number of nitrogens with zero attached hydrogens (tertiary/aromatic N) is 2. The molecule has 0 atom stereocenters. The molecule has 0 radical (unpaired) electrons. The minimum absolute atomic E-state index is 0.0467. The summed E-state index contributed by atoms with van der Waals surface area (Å²) in [4.78, 5) is 2.26. The van der Waals surface area contributed by atoms with Gasteiger partial charge in [0, 0.05) is 12.7 Å². The molecular weight excluding hydrogens is 406 g/mol. The van der Waals surface area contributed by atoms with E-state index in [0.29, 0.717) is 23.7 Å². The summed E-state index contributed by atoms with van der Waals surface area (Å²) in [6, 6.07) is 0. The highest BCUT2D eigenvalue weighted by atomic mass is 32.2. The molecule has 2 aliphatic heterocycles. The number of nitrogens with one attached hydrogen (secondary N) is 1. The second-order valence-corrected chi connectivity index (χ2v) is 10.6. The van der Waals surface area contributed by atoms with Crippen molar-refractivity contribution in [1.29, 1.82) is 0 Å². The quantitative estimate of drug-likeness (QED) is 0.677. The molecule has 4 rings (SSSR count). The van der Waals surface area contributed by atoms with Gasteiger partial charge >= 0.3 is 0 Å². The van der Waals surface area contributed by atoms with Gasteiger partial charge in [-0.05, 0) is 54.1 Å². The molecule has 2 aliphatic carbocycles. The summed E-state index contributed by atoms with van der Waals surface area (Å²) < 4.78 is 30.2. The molecule has 0 aromatic carbocycles. The van der Waals surface area contributed by atoms with E-state index in [2.05, 4.69) is 54.8 Å². The van der Waals surface area contributed by atoms with Crippen molar-refractivity contribution in [2.75, 3.05) is 6.54 Å². The molecule has 0 fully saturated rings. The van der Waals surface area contributed by atoms with E-state index in [1.165, 1.54) is 5.57 Å². The summed E-state index contributed by atoms with van der Waals surface area (Å²) in [6.07, 6.45) is 23.9. The third-order valence-corrected chi connectivity index (χ3v) is 7.20. The zero-order chi connectivity index (χ0) is 22.1. The van der Waals surface area contributed by atoms with Gasteiger partial charge in [-0.15, -0.1) is 4.40 Å². The van der Waals surface area contributed by atoms with Crippen LogP contribution >= 0.6 is 0 Å². The number of rotatable bonds is 3. The maximum Gasteiger partial charge on any atom is 0.280 e. The Morgan fingerprint density at radius 3 is 2.61 bits per heavy atom. The Hall–Kier alpha value is -2.86. The highest BCUT2D eigenvalue weighted by molar-refractivity contribution is 7.94. The lowest BCUT2D eigenvalue weighted by atomic mass is 9.82. The van der Waals surface area contributed by atoms with E-state index in [-0.39, 0.29) is 5.41 Å². The minimum atomic E-state index is -3.74. The second kappa shape index (κ2) is 8.35. The predicted octanol–water partition coefficient (Wildman–Crippen LogP) is 5.01. The van der Waals surface area contributed by atoms with Crippen molar-refractivity contribution in [2.24, 2.45) is 9.81 Å². The Morgan fingerprint density at radius 1 is 1.03 bits per heavy atom. The molecule has 31 heavy (non-hydrogen) atoms. The van der Waals surface area contributed by atoms with Crippen molar-refractivity contribution in [3.8, 4) is 0 Å². The first kappa shape index (κ1) is 21.4. The Morgan fingerprint density at radius 2 is 1.87 bits per heavy atom. The lowest BCUT2D eigenvalue weighted by Gasteiger charge is -2.32. The minimum Gasteiger partial charge on any atom is -0.348 e. The first-order valence-corrected chi connectivity index (χ1v) is 12.1. The van der Waals surface area contributed by atoms with Gasteiger partial charge in [-0.3, -0.25) is 0 Å². The number of fused-ring (bicyclic) bond motifs is 1. The topological polar surface area (TPSA) is 61.8 Å². The van der Waals surface area contributed by atoms with Gasteiger partial charge < -0.3 is 10.2 Å². The average molecular weight is 436 g/mol. The molecule has 0 bridgehead atoms. The molecule has 6 heteroatoms. The molecule has 162 valence electrons. The van der Waals surface area contributed by atoms with E-state index >= 15 is 0 Å². The van der Waals surface area contributed by atoms with Crippen LogP contribution in [0.5, 0.6) is 0 Å². The summed E-state index contributed by atoms with van der Waals surface area (Å²) >= 11 is 0. The summed E-state index contributed by atoms with van der Waals surface area (Å²) in [5, 5.41) is 3.22. The zero-order valence-corrected chi connectivity index (χ0v) is 19.1. The molecule has 4 aliphatic rings. The zero-order valence-electron chi connectivity index (χ0n) is 18.3. The van der Waals surface area contributed by atoms with Crippen molar-refractivity contribution in [2.45, 2.75) is 40.0 Å². The van der Waals surface area contributed by atoms with Gasteiger partial charge in [0.25, 0.3) is 10.0 Å². The summed E-state index contributed by atoms with van der Waals surface area (Å²) in [5.41, 5.74) is 3.58. The summed E-state index contributed by atoms with van der Waals surface area (Å²) in [6.45, 7) is 7.00. The maximum atomic E-state index is 13.0. The van der Waals surface area contributed by atoms with Gasteiger partial charge in [0.2, 0.25) is 0 Å². The molecule has 0 aromatic heterocycles. The van der Waals surface area contributed by atoms with Gasteiger partial charge in [-0.2, -0.15) is 8.42 Å². The lowest BCUT2D eigenvalue weighted by molar-refractivity contribution is 0.480. The van der Waals surface area contributed by atoms with Gasteiger partial charge in [0.05, 0.1) is 4.91 Å². The van der Waals surface area contributed by atoms with Crippen LogP contribution in [0.25, 0.3) is 0 Å². The van der Waals surface area contributed by atoms with Crippen molar-refractivity contribution in [3.05, 3.63) is 94.4 Å². The van der Waals surface area contributed by atoms with Crippen LogP contribution in [-0.2, 0) is 10.0 Å². The molecule has 0 saturated carbocycles. The summed E-state index contributed by atoms with van der Waals surface area (Å²) in [7, 11) is -3.74.